The van der Waals surface area contributed by atoms with Crippen LogP contribution in [0.2, 0.25) is 0 Å². The minimum Gasteiger partial charge on any atom is -0.0683 e. The largest absolute Gasteiger partial charge is 0.0683 e. The Kier molecular flexibility index (Phi) is 13.7. The zero-order valence-electron chi connectivity index (χ0n) is 10.7. The molecule has 14 heavy (non-hydrogen) atoms. The maximum Gasteiger partial charge on any atom is -0.0281 e. The summed E-state index contributed by atoms with van der Waals surface area (Å²) >= 11 is 0. The molecular formula is C14H26. The van der Waals surface area contributed by atoms with Crippen molar-refractivity contribution < 1.29 is 0 Å². The van der Waals surface area contributed by atoms with Crippen LogP contribution in [0.1, 0.15) is 52.2 Å². The number of aryl methyl sites for hydroxylation is 2. The molecule has 0 N–H and O–H groups in total. The van der Waals surface area contributed by atoms with Gasteiger partial charge >= 0.3 is 0 Å². The lowest BCUT2D eigenvalue weighted by Gasteiger charge is -1.97. The van der Waals surface area contributed by atoms with E-state index >= 15 is 0 Å². The summed E-state index contributed by atoms with van der Waals surface area (Å²) in [6.07, 6.45) is 2.45. The van der Waals surface area contributed by atoms with Crippen molar-refractivity contribution in [2.75, 3.05) is 0 Å². The van der Waals surface area contributed by atoms with Crippen LogP contribution >= 0.6 is 0 Å². The highest BCUT2D eigenvalue weighted by Gasteiger charge is 1.88. The molecule has 0 aliphatic heterocycles. The first-order valence-electron chi connectivity index (χ1n) is 5.88. The standard InChI is InChI=1S/C10H14.2C2H6/c1-3-5-10-7-4-6-9(2)8-10;2*1-2/h4,6-8H,3,5H2,1-2H3;2*1-2H3. The van der Waals surface area contributed by atoms with E-state index in [1.807, 2.05) is 27.7 Å². The van der Waals surface area contributed by atoms with E-state index < -0.39 is 0 Å². The van der Waals surface area contributed by atoms with Crippen LogP contribution in [-0.4, -0.2) is 0 Å². The van der Waals surface area contributed by atoms with Gasteiger partial charge in [-0.1, -0.05) is 70.9 Å². The molecule has 0 aliphatic carbocycles. The van der Waals surface area contributed by atoms with Gasteiger partial charge in [0, 0.05) is 0 Å². The molecule has 0 spiro atoms. The maximum atomic E-state index is 2.25. The summed E-state index contributed by atoms with van der Waals surface area (Å²) in [6, 6.07) is 8.71. The van der Waals surface area contributed by atoms with Gasteiger partial charge in [-0.3, -0.25) is 0 Å². The second kappa shape index (κ2) is 12.2. The second-order valence-electron chi connectivity index (χ2n) is 2.74. The normalized spacial score (nSPS) is 7.86. The first-order valence-corrected chi connectivity index (χ1v) is 5.88. The summed E-state index contributed by atoms with van der Waals surface area (Å²) in [5, 5.41) is 0. The SMILES string of the molecule is CC.CC.CCCc1cccc(C)c1. The molecule has 1 aromatic rings. The van der Waals surface area contributed by atoms with Gasteiger partial charge < -0.3 is 0 Å². The van der Waals surface area contributed by atoms with Crippen molar-refractivity contribution >= 4 is 0 Å². The van der Waals surface area contributed by atoms with Crippen molar-refractivity contribution in [3.8, 4) is 0 Å². The Morgan fingerprint density at radius 2 is 1.57 bits per heavy atom. The molecule has 0 saturated heterocycles. The first-order chi connectivity index (χ1) is 6.83. The number of rotatable bonds is 2. The number of benzene rings is 1. The van der Waals surface area contributed by atoms with E-state index in [2.05, 4.69) is 38.1 Å². The molecule has 0 radical (unpaired) electrons. The molecule has 1 aromatic carbocycles. The molecule has 0 heteroatoms. The Hall–Kier alpha value is -0.780. The molecule has 0 fully saturated rings. The lowest BCUT2D eigenvalue weighted by Crippen LogP contribution is -1.82. The van der Waals surface area contributed by atoms with Gasteiger partial charge in [0.2, 0.25) is 0 Å². The van der Waals surface area contributed by atoms with E-state index in [1.54, 1.807) is 0 Å². The van der Waals surface area contributed by atoms with Gasteiger partial charge in [-0.05, 0) is 18.9 Å². The monoisotopic (exact) mass is 194 g/mol. The van der Waals surface area contributed by atoms with Crippen molar-refractivity contribution in [1.82, 2.24) is 0 Å². The Morgan fingerprint density at radius 1 is 1.00 bits per heavy atom. The molecular weight excluding hydrogens is 168 g/mol. The molecule has 0 atom stereocenters. The van der Waals surface area contributed by atoms with E-state index in [0.29, 0.717) is 0 Å². The minimum atomic E-state index is 1.21. The van der Waals surface area contributed by atoms with Crippen molar-refractivity contribution in [2.45, 2.75) is 54.4 Å². The molecule has 0 saturated carbocycles. The maximum absolute atomic E-state index is 2.25. The van der Waals surface area contributed by atoms with Gasteiger partial charge in [0.05, 0.1) is 0 Å². The Labute approximate surface area is 90.4 Å². The third-order valence-electron chi connectivity index (χ3n) is 1.62. The highest BCUT2D eigenvalue weighted by Crippen LogP contribution is 2.05. The van der Waals surface area contributed by atoms with Crippen LogP contribution in [0.15, 0.2) is 24.3 Å². The zero-order valence-corrected chi connectivity index (χ0v) is 10.7. The van der Waals surface area contributed by atoms with Crippen molar-refractivity contribution in [3.05, 3.63) is 35.4 Å². The Balaban J connectivity index is 0. The first kappa shape index (κ1) is 15.7. The summed E-state index contributed by atoms with van der Waals surface area (Å²) < 4.78 is 0. The number of hydrogen-bond donors (Lipinski definition) is 0. The van der Waals surface area contributed by atoms with E-state index in [4.69, 9.17) is 0 Å². The predicted molar refractivity (Wildman–Crippen MR) is 67.9 cm³/mol. The third-order valence-corrected chi connectivity index (χ3v) is 1.62. The quantitative estimate of drug-likeness (QED) is 0.621. The molecule has 0 heterocycles. The zero-order chi connectivity index (χ0) is 11.4. The highest BCUT2D eigenvalue weighted by atomic mass is 13.9. The van der Waals surface area contributed by atoms with Gasteiger partial charge in [-0.15, -0.1) is 0 Å². The van der Waals surface area contributed by atoms with Crippen LogP contribution in [0.25, 0.3) is 0 Å². The average molecular weight is 194 g/mol. The van der Waals surface area contributed by atoms with E-state index in [9.17, 15) is 0 Å². The molecule has 1 rings (SSSR count). The molecule has 0 nitrogen and oxygen atoms in total. The molecule has 0 aromatic heterocycles. The van der Waals surface area contributed by atoms with E-state index in [1.165, 1.54) is 24.0 Å². The predicted octanol–water partition coefficient (Wildman–Crippen LogP) is 5.00. The van der Waals surface area contributed by atoms with E-state index in [0.717, 1.165) is 0 Å². The van der Waals surface area contributed by atoms with E-state index in [-0.39, 0.29) is 0 Å². The van der Waals surface area contributed by atoms with Crippen molar-refractivity contribution in [3.63, 3.8) is 0 Å². The van der Waals surface area contributed by atoms with Crippen LogP contribution in [-0.2, 0) is 6.42 Å². The van der Waals surface area contributed by atoms with Gasteiger partial charge in [-0.25, -0.2) is 0 Å². The van der Waals surface area contributed by atoms with Crippen LogP contribution in [0, 0.1) is 6.92 Å². The van der Waals surface area contributed by atoms with Crippen LogP contribution < -0.4 is 0 Å². The minimum absolute atomic E-state index is 1.21. The van der Waals surface area contributed by atoms with Gasteiger partial charge in [0.1, 0.15) is 0 Å². The lowest BCUT2D eigenvalue weighted by molar-refractivity contribution is 0.920. The lowest BCUT2D eigenvalue weighted by atomic mass is 10.1. The topological polar surface area (TPSA) is 0 Å². The van der Waals surface area contributed by atoms with Crippen LogP contribution in [0.4, 0.5) is 0 Å². The van der Waals surface area contributed by atoms with Gasteiger partial charge in [-0.2, -0.15) is 0 Å². The van der Waals surface area contributed by atoms with Crippen molar-refractivity contribution in [2.24, 2.45) is 0 Å². The number of hydrogen-bond acceptors (Lipinski definition) is 0. The van der Waals surface area contributed by atoms with Crippen molar-refractivity contribution in [1.29, 1.82) is 0 Å². The Bertz CT molecular complexity index is 201. The summed E-state index contributed by atoms with van der Waals surface area (Å²) in [5.74, 6) is 0. The third kappa shape index (κ3) is 7.85. The summed E-state index contributed by atoms with van der Waals surface area (Å²) in [7, 11) is 0. The molecule has 0 aliphatic rings. The fourth-order valence-electron chi connectivity index (χ4n) is 1.16. The van der Waals surface area contributed by atoms with Crippen LogP contribution in [0.5, 0.6) is 0 Å². The summed E-state index contributed by atoms with van der Waals surface area (Å²) in [4.78, 5) is 0. The fourth-order valence-corrected chi connectivity index (χ4v) is 1.16. The second-order valence-corrected chi connectivity index (χ2v) is 2.74. The molecule has 0 amide bonds. The highest BCUT2D eigenvalue weighted by molar-refractivity contribution is 5.21. The molecule has 0 unspecified atom stereocenters. The van der Waals surface area contributed by atoms with Gasteiger partial charge in [0.25, 0.3) is 0 Å². The molecule has 82 valence electrons. The Morgan fingerprint density at radius 3 is 2.00 bits per heavy atom. The summed E-state index contributed by atoms with van der Waals surface area (Å²) in [5.41, 5.74) is 2.83. The smallest absolute Gasteiger partial charge is 0.0281 e. The fraction of sp³-hybridized carbons (Fsp3) is 0.571. The summed E-state index contributed by atoms with van der Waals surface area (Å²) in [6.45, 7) is 12.3. The van der Waals surface area contributed by atoms with Crippen LogP contribution in [0.3, 0.4) is 0 Å². The molecule has 0 bridgehead atoms. The average Bonchev–Trinajstić information content (AvgIpc) is 2.24. The van der Waals surface area contributed by atoms with Gasteiger partial charge in [0.15, 0.2) is 0 Å².